The Kier molecular flexibility index (Phi) is 7.72. The second kappa shape index (κ2) is 10.5. The first-order chi connectivity index (χ1) is 15.7. The predicted molar refractivity (Wildman–Crippen MR) is 117 cm³/mol. The van der Waals surface area contributed by atoms with Crippen molar-refractivity contribution < 1.29 is 33.0 Å². The van der Waals surface area contributed by atoms with Crippen LogP contribution in [0, 0.1) is 18.6 Å². The van der Waals surface area contributed by atoms with E-state index in [-0.39, 0.29) is 11.7 Å². The molecule has 4 rings (SSSR count). The Morgan fingerprint density at radius 2 is 1.97 bits per heavy atom. The van der Waals surface area contributed by atoms with Gasteiger partial charge in [0.2, 0.25) is 0 Å². The molecule has 0 spiro atoms. The molecule has 1 N–H and O–H groups in total. The lowest BCUT2D eigenvalue weighted by molar-refractivity contribution is -0.126. The van der Waals surface area contributed by atoms with Crippen molar-refractivity contribution in [1.82, 2.24) is 14.5 Å². The van der Waals surface area contributed by atoms with Gasteiger partial charge in [0.05, 0.1) is 43.2 Å². The number of carboxylic acids is 1. The second-order valence-electron chi connectivity index (χ2n) is 7.77. The van der Waals surface area contributed by atoms with E-state index in [1.807, 2.05) is 20.0 Å². The van der Waals surface area contributed by atoms with E-state index in [9.17, 15) is 13.6 Å². The van der Waals surface area contributed by atoms with Crippen molar-refractivity contribution in [3.63, 3.8) is 0 Å². The predicted octanol–water partition coefficient (Wildman–Crippen LogP) is 3.11. The van der Waals surface area contributed by atoms with Crippen LogP contribution in [-0.2, 0) is 20.8 Å². The van der Waals surface area contributed by atoms with Crippen LogP contribution in [0.15, 0.2) is 30.5 Å². The van der Waals surface area contributed by atoms with E-state index in [1.165, 1.54) is 7.11 Å². The molecule has 3 aromatic rings. The highest BCUT2D eigenvalue weighted by atomic mass is 19.1. The minimum atomic E-state index is -1.38. The fraction of sp³-hybridized carbons (Fsp3) is 0.348. The summed E-state index contributed by atoms with van der Waals surface area (Å²) in [5, 5.41) is 9.82. The Labute approximate surface area is 189 Å². The molecule has 2 aromatic heterocycles. The van der Waals surface area contributed by atoms with Crippen molar-refractivity contribution in [2.24, 2.45) is 0 Å². The summed E-state index contributed by atoms with van der Waals surface area (Å²) in [6, 6.07) is 5.26. The summed E-state index contributed by atoms with van der Waals surface area (Å²) in [6.45, 7) is 4.74. The number of fused-ring (bicyclic) bond motifs is 1. The van der Waals surface area contributed by atoms with Crippen molar-refractivity contribution in [2.45, 2.75) is 19.6 Å². The summed E-state index contributed by atoms with van der Waals surface area (Å²) >= 11 is 0. The van der Waals surface area contributed by atoms with E-state index in [1.54, 1.807) is 16.8 Å². The molecule has 3 heterocycles. The SMILES string of the molecule is COC=O.Cc1cnc2c(c1)cc(-c1c(F)cc(C(=O)O)cc1F)n2CC1CN(C)CCO1. The molecule has 8 nitrogen and oxygen atoms in total. The van der Waals surface area contributed by atoms with Gasteiger partial charge >= 0.3 is 5.97 Å². The summed E-state index contributed by atoms with van der Waals surface area (Å²) in [4.78, 5) is 26.7. The average Bonchev–Trinajstić information content (AvgIpc) is 3.10. The number of nitrogens with zero attached hydrogens (tertiary/aromatic N) is 3. The fourth-order valence-electron chi connectivity index (χ4n) is 3.77. The molecule has 0 aliphatic carbocycles. The third kappa shape index (κ3) is 5.52. The Hall–Kier alpha value is -3.37. The Balaban J connectivity index is 0.000000709. The number of pyridine rings is 1. The molecular weight excluding hydrogens is 436 g/mol. The number of aromatic carboxylic acids is 1. The van der Waals surface area contributed by atoms with Gasteiger partial charge in [-0.1, -0.05) is 0 Å². The van der Waals surface area contributed by atoms with Crippen LogP contribution >= 0.6 is 0 Å². The molecule has 0 radical (unpaired) electrons. The zero-order valence-electron chi connectivity index (χ0n) is 18.5. The average molecular weight is 461 g/mol. The van der Waals surface area contributed by atoms with Crippen molar-refractivity contribution in [3.8, 4) is 11.3 Å². The first-order valence-electron chi connectivity index (χ1n) is 10.2. The summed E-state index contributed by atoms with van der Waals surface area (Å²) in [5.74, 6) is -3.24. The van der Waals surface area contributed by atoms with Gasteiger partial charge in [0.1, 0.15) is 17.3 Å². The lowest BCUT2D eigenvalue weighted by Gasteiger charge is -2.30. The maximum atomic E-state index is 14.8. The highest BCUT2D eigenvalue weighted by Gasteiger charge is 2.25. The van der Waals surface area contributed by atoms with Crippen molar-refractivity contribution in [2.75, 3.05) is 33.9 Å². The number of rotatable bonds is 5. The van der Waals surface area contributed by atoms with Crippen LogP contribution in [0.1, 0.15) is 15.9 Å². The number of ether oxygens (including phenoxy) is 2. The van der Waals surface area contributed by atoms with Gasteiger partial charge in [-0.2, -0.15) is 0 Å². The minimum Gasteiger partial charge on any atom is -0.478 e. The molecule has 1 fully saturated rings. The Morgan fingerprint density at radius 1 is 1.30 bits per heavy atom. The summed E-state index contributed by atoms with van der Waals surface area (Å²) < 4.78 is 41.1. The van der Waals surface area contributed by atoms with E-state index in [0.717, 1.165) is 29.6 Å². The number of likely N-dealkylation sites (N-methyl/N-ethyl adjacent to an activating group) is 1. The zero-order valence-corrected chi connectivity index (χ0v) is 18.5. The normalized spacial score (nSPS) is 16.2. The van der Waals surface area contributed by atoms with Crippen LogP contribution in [0.4, 0.5) is 8.78 Å². The largest absolute Gasteiger partial charge is 0.478 e. The lowest BCUT2D eigenvalue weighted by atomic mass is 10.1. The number of carboxylic acid groups (broad SMARTS) is 1. The molecule has 0 amide bonds. The van der Waals surface area contributed by atoms with E-state index in [4.69, 9.17) is 14.6 Å². The van der Waals surface area contributed by atoms with Gasteiger partial charge in [-0.3, -0.25) is 4.79 Å². The monoisotopic (exact) mass is 461 g/mol. The number of hydrogen-bond acceptors (Lipinski definition) is 6. The van der Waals surface area contributed by atoms with E-state index >= 15 is 0 Å². The van der Waals surface area contributed by atoms with Crippen LogP contribution < -0.4 is 0 Å². The molecule has 33 heavy (non-hydrogen) atoms. The number of methoxy groups -OCH3 is 1. The molecule has 1 atom stereocenters. The van der Waals surface area contributed by atoms with Crippen molar-refractivity contribution >= 4 is 23.5 Å². The molecule has 176 valence electrons. The number of benzene rings is 1. The first kappa shape index (κ1) is 24.3. The van der Waals surface area contributed by atoms with Gasteiger partial charge in [0.25, 0.3) is 6.47 Å². The highest BCUT2D eigenvalue weighted by molar-refractivity contribution is 5.89. The second-order valence-corrected chi connectivity index (χ2v) is 7.77. The fourth-order valence-corrected chi connectivity index (χ4v) is 3.77. The molecule has 1 aromatic carbocycles. The Bertz CT molecular complexity index is 1140. The standard InChI is InChI=1S/C21H21F2N3O3.C2H4O2/c1-12-5-13-8-18(19-16(22)6-14(21(27)28)7-17(19)23)26(20(13)24-9-12)11-15-10-25(2)3-4-29-15;1-4-2-3/h5-9,15H,3-4,10-11H2,1-2H3,(H,27,28);2H,1H3. The van der Waals surface area contributed by atoms with Crippen molar-refractivity contribution in [3.05, 3.63) is 53.2 Å². The van der Waals surface area contributed by atoms with Gasteiger partial charge < -0.3 is 24.0 Å². The summed E-state index contributed by atoms with van der Waals surface area (Å²) in [5.41, 5.74) is 1.13. The van der Waals surface area contributed by atoms with E-state index < -0.39 is 23.2 Å². The number of carbonyl (C=O) groups is 2. The number of morpholine rings is 1. The minimum absolute atomic E-state index is 0.157. The molecule has 1 saturated heterocycles. The molecule has 1 unspecified atom stereocenters. The van der Waals surface area contributed by atoms with E-state index in [0.29, 0.717) is 37.5 Å². The number of hydrogen-bond donors (Lipinski definition) is 1. The van der Waals surface area contributed by atoms with Crippen LogP contribution in [0.2, 0.25) is 0 Å². The number of aryl methyl sites for hydroxylation is 1. The van der Waals surface area contributed by atoms with Crippen LogP contribution in [0.3, 0.4) is 0 Å². The molecule has 10 heteroatoms. The molecular formula is C23H25F2N3O5. The Morgan fingerprint density at radius 3 is 2.55 bits per heavy atom. The number of aromatic nitrogens is 2. The van der Waals surface area contributed by atoms with Crippen molar-refractivity contribution in [1.29, 1.82) is 0 Å². The van der Waals surface area contributed by atoms with Crippen LogP contribution in [0.5, 0.6) is 0 Å². The maximum Gasteiger partial charge on any atom is 0.335 e. The first-order valence-corrected chi connectivity index (χ1v) is 10.2. The summed E-state index contributed by atoms with van der Waals surface area (Å²) in [6.07, 6.45) is 1.55. The van der Waals surface area contributed by atoms with Gasteiger partial charge in [-0.25, -0.2) is 18.6 Å². The molecule has 0 saturated carbocycles. The summed E-state index contributed by atoms with van der Waals surface area (Å²) in [7, 11) is 3.31. The third-order valence-corrected chi connectivity index (χ3v) is 5.24. The molecule has 0 bridgehead atoms. The maximum absolute atomic E-state index is 14.8. The van der Waals surface area contributed by atoms with Crippen LogP contribution in [0.25, 0.3) is 22.3 Å². The highest BCUT2D eigenvalue weighted by Crippen LogP contribution is 2.33. The quantitative estimate of drug-likeness (QED) is 0.584. The lowest BCUT2D eigenvalue weighted by Crippen LogP contribution is -2.42. The van der Waals surface area contributed by atoms with E-state index in [2.05, 4.69) is 14.6 Å². The smallest absolute Gasteiger partial charge is 0.335 e. The van der Waals surface area contributed by atoms with Crippen LogP contribution in [-0.4, -0.2) is 72.0 Å². The number of halogens is 2. The van der Waals surface area contributed by atoms with Gasteiger partial charge in [-0.15, -0.1) is 0 Å². The van der Waals surface area contributed by atoms with Gasteiger partial charge in [-0.05, 0) is 43.8 Å². The topological polar surface area (TPSA) is 93.9 Å². The molecule has 1 aliphatic heterocycles. The van der Waals surface area contributed by atoms with Gasteiger partial charge in [0.15, 0.2) is 0 Å². The molecule has 1 aliphatic rings. The van der Waals surface area contributed by atoms with Gasteiger partial charge in [0, 0.05) is 24.7 Å². The zero-order chi connectivity index (χ0) is 24.1. The number of carbonyl (C=O) groups excluding carboxylic acids is 1. The third-order valence-electron chi connectivity index (χ3n) is 5.24.